The first-order valence-electron chi connectivity index (χ1n) is 11.8. The number of carbonyl (C=O) groups excluding carboxylic acids is 2. The molecule has 0 saturated carbocycles. The third-order valence-corrected chi connectivity index (χ3v) is 7.50. The zero-order valence-electron chi connectivity index (χ0n) is 18.9. The fourth-order valence-electron chi connectivity index (χ4n) is 5.60. The van der Waals surface area contributed by atoms with Crippen LogP contribution in [0.4, 0.5) is 0 Å². The number of cyclic esters (lactones) is 1. The van der Waals surface area contributed by atoms with Gasteiger partial charge in [0, 0.05) is 36.0 Å². The summed E-state index contributed by atoms with van der Waals surface area (Å²) in [5.41, 5.74) is 1.44. The Morgan fingerprint density at radius 3 is 2.79 bits per heavy atom. The van der Waals surface area contributed by atoms with Gasteiger partial charge in [-0.25, -0.2) is 9.78 Å². The summed E-state index contributed by atoms with van der Waals surface area (Å²) >= 11 is 0. The summed E-state index contributed by atoms with van der Waals surface area (Å²) < 4.78 is 6.92. The van der Waals surface area contributed by atoms with E-state index in [2.05, 4.69) is 6.07 Å². The molecular weight excluding hydrogens is 434 g/mol. The van der Waals surface area contributed by atoms with Crippen LogP contribution in [0.5, 0.6) is 0 Å². The fraction of sp³-hybridized carbons (Fsp3) is 0.385. The zero-order chi connectivity index (χ0) is 23.6. The molecule has 8 heteroatoms. The summed E-state index contributed by atoms with van der Waals surface area (Å²) in [5, 5.41) is 12.1. The number of rotatable bonds is 4. The predicted octanol–water partition coefficient (Wildman–Crippen LogP) is 2.63. The lowest BCUT2D eigenvalue weighted by Crippen LogP contribution is -2.44. The van der Waals surface area contributed by atoms with Crippen LogP contribution in [0.25, 0.3) is 22.3 Å². The van der Waals surface area contributed by atoms with Crippen LogP contribution < -0.4 is 5.56 Å². The molecule has 0 bridgehead atoms. The third-order valence-electron chi connectivity index (χ3n) is 7.50. The number of hydrogen-bond donors (Lipinski definition) is 1. The highest BCUT2D eigenvalue weighted by atomic mass is 16.6. The van der Waals surface area contributed by atoms with E-state index in [9.17, 15) is 19.5 Å². The highest BCUT2D eigenvalue weighted by Gasteiger charge is 2.46. The van der Waals surface area contributed by atoms with Crippen molar-refractivity contribution < 1.29 is 19.4 Å². The molecule has 3 aliphatic heterocycles. The average molecular weight is 460 g/mol. The summed E-state index contributed by atoms with van der Waals surface area (Å²) in [6, 6.07) is 11.3. The van der Waals surface area contributed by atoms with Crippen molar-refractivity contribution in [2.45, 2.75) is 50.9 Å². The molecule has 0 aliphatic carbocycles. The minimum Gasteiger partial charge on any atom is -0.458 e. The number of amides is 1. The molecule has 2 aromatic heterocycles. The maximum Gasteiger partial charge on any atom is 0.343 e. The van der Waals surface area contributed by atoms with Crippen LogP contribution in [0.3, 0.4) is 0 Å². The van der Waals surface area contributed by atoms with Crippen molar-refractivity contribution in [3.05, 3.63) is 63.4 Å². The maximum absolute atomic E-state index is 13.8. The van der Waals surface area contributed by atoms with E-state index in [1.807, 2.05) is 29.2 Å². The summed E-state index contributed by atoms with van der Waals surface area (Å²) in [6.45, 7) is 2.81. The number of nitrogens with zero attached hydrogens (tertiary/aromatic N) is 3. The Labute approximate surface area is 195 Å². The van der Waals surface area contributed by atoms with Crippen molar-refractivity contribution in [3.8, 4) is 11.4 Å². The van der Waals surface area contributed by atoms with E-state index in [1.54, 1.807) is 17.6 Å². The minimum atomic E-state index is -1.86. The lowest BCUT2D eigenvalue weighted by molar-refractivity contribution is -0.172. The number of ether oxygens (including phenoxy) is 1. The zero-order valence-corrected chi connectivity index (χ0v) is 18.9. The molecule has 1 N–H and O–H groups in total. The quantitative estimate of drug-likeness (QED) is 0.602. The molecule has 5 heterocycles. The molecular formula is C26H25N3O5. The van der Waals surface area contributed by atoms with E-state index >= 15 is 0 Å². The fourth-order valence-corrected chi connectivity index (χ4v) is 5.60. The van der Waals surface area contributed by atoms with E-state index in [4.69, 9.17) is 9.72 Å². The second-order valence-electron chi connectivity index (χ2n) is 9.29. The van der Waals surface area contributed by atoms with Crippen LogP contribution in [0.2, 0.25) is 0 Å². The molecule has 0 spiro atoms. The Hall–Kier alpha value is -3.52. The Kier molecular flexibility index (Phi) is 4.64. The molecule has 174 valence electrons. The highest BCUT2D eigenvalue weighted by molar-refractivity contribution is 5.86. The normalized spacial score (nSPS) is 23.1. The Morgan fingerprint density at radius 1 is 1.21 bits per heavy atom. The van der Waals surface area contributed by atoms with Gasteiger partial charge in [0.1, 0.15) is 6.61 Å². The third kappa shape index (κ3) is 2.88. The first-order valence-corrected chi connectivity index (χ1v) is 11.8. The minimum absolute atomic E-state index is 0.0975. The van der Waals surface area contributed by atoms with Crippen molar-refractivity contribution in [2.24, 2.45) is 0 Å². The van der Waals surface area contributed by atoms with E-state index in [0.29, 0.717) is 41.9 Å². The van der Waals surface area contributed by atoms with Crippen molar-refractivity contribution in [3.63, 3.8) is 0 Å². The number of likely N-dealkylation sites (tertiary alicyclic amines) is 1. The van der Waals surface area contributed by atoms with E-state index in [-0.39, 0.29) is 30.5 Å². The Balaban J connectivity index is 1.56. The van der Waals surface area contributed by atoms with Gasteiger partial charge in [-0.05, 0) is 37.5 Å². The maximum atomic E-state index is 13.8. The molecule has 1 unspecified atom stereocenters. The highest BCUT2D eigenvalue weighted by Crippen LogP contribution is 2.43. The number of aromatic nitrogens is 2. The van der Waals surface area contributed by atoms with E-state index in [0.717, 1.165) is 29.4 Å². The van der Waals surface area contributed by atoms with Crippen molar-refractivity contribution in [1.82, 2.24) is 14.5 Å². The molecule has 1 fully saturated rings. The summed E-state index contributed by atoms with van der Waals surface area (Å²) in [7, 11) is 0. The monoisotopic (exact) mass is 459 g/mol. The molecule has 0 radical (unpaired) electrons. The van der Waals surface area contributed by atoms with Gasteiger partial charge in [0.25, 0.3) is 5.56 Å². The Bertz CT molecular complexity index is 1430. The summed E-state index contributed by atoms with van der Waals surface area (Å²) in [4.78, 5) is 45.2. The number of benzene rings is 1. The van der Waals surface area contributed by atoms with E-state index in [1.165, 1.54) is 0 Å². The predicted molar refractivity (Wildman–Crippen MR) is 124 cm³/mol. The molecule has 3 aliphatic rings. The van der Waals surface area contributed by atoms with Gasteiger partial charge in [0.2, 0.25) is 5.91 Å². The number of esters is 1. The van der Waals surface area contributed by atoms with Gasteiger partial charge >= 0.3 is 5.97 Å². The largest absolute Gasteiger partial charge is 0.458 e. The molecule has 1 saturated heterocycles. The van der Waals surface area contributed by atoms with Gasteiger partial charge in [0.05, 0.1) is 28.5 Å². The van der Waals surface area contributed by atoms with Gasteiger partial charge in [0.15, 0.2) is 5.60 Å². The molecule has 8 nitrogen and oxygen atoms in total. The van der Waals surface area contributed by atoms with Crippen molar-refractivity contribution in [1.29, 1.82) is 0 Å². The second-order valence-corrected chi connectivity index (χ2v) is 9.29. The Morgan fingerprint density at radius 2 is 2.03 bits per heavy atom. The number of fused-ring (bicyclic) bond motifs is 5. The van der Waals surface area contributed by atoms with Crippen LogP contribution in [0, 0.1) is 0 Å². The molecule has 3 aromatic rings. The number of pyridine rings is 2. The smallest absolute Gasteiger partial charge is 0.343 e. The number of carbonyl (C=O) groups is 2. The number of aliphatic hydroxyl groups is 1. The van der Waals surface area contributed by atoms with E-state index < -0.39 is 11.6 Å². The second kappa shape index (κ2) is 7.50. The van der Waals surface area contributed by atoms with Gasteiger partial charge < -0.3 is 14.7 Å². The topological polar surface area (TPSA) is 102 Å². The van der Waals surface area contributed by atoms with Crippen LogP contribution in [-0.2, 0) is 26.5 Å². The van der Waals surface area contributed by atoms with Crippen LogP contribution in [0.15, 0.2) is 41.2 Å². The SMILES string of the molecule is CC[C@@]1(O)C(=O)OCc2c1cc1n(c2=O)C(CCN2CCCC2=O)c2cc3ccccc3nc2-1. The number of para-hydroxylation sites is 1. The molecule has 34 heavy (non-hydrogen) atoms. The first kappa shape index (κ1) is 21.0. The van der Waals surface area contributed by atoms with Gasteiger partial charge in [-0.3, -0.25) is 14.2 Å². The van der Waals surface area contributed by atoms with Crippen LogP contribution >= 0.6 is 0 Å². The molecule has 1 amide bonds. The van der Waals surface area contributed by atoms with Gasteiger partial charge in [-0.15, -0.1) is 0 Å². The van der Waals surface area contributed by atoms with Crippen LogP contribution in [0.1, 0.15) is 55.3 Å². The lowest BCUT2D eigenvalue weighted by atomic mass is 9.86. The first-order chi connectivity index (χ1) is 16.4. The van der Waals surface area contributed by atoms with Gasteiger partial charge in [-0.2, -0.15) is 0 Å². The van der Waals surface area contributed by atoms with Crippen molar-refractivity contribution in [2.75, 3.05) is 13.1 Å². The molecule has 6 rings (SSSR count). The number of hydrogen-bond acceptors (Lipinski definition) is 6. The summed E-state index contributed by atoms with van der Waals surface area (Å²) in [6.07, 6.45) is 2.10. The standard InChI is InChI=1S/C26H25N3O5/c1-2-26(33)18-13-21-23-16(12-15-6-3-4-7-19(15)27-23)20(9-11-28-10-5-8-22(28)30)29(21)24(31)17(18)14-34-25(26)32/h3-4,6-7,12-13,20,33H,2,5,8-11,14H2,1H3/t20?,26-/m0/s1. The molecule has 1 aromatic carbocycles. The lowest BCUT2D eigenvalue weighted by Gasteiger charge is -2.32. The van der Waals surface area contributed by atoms with Gasteiger partial charge in [-0.1, -0.05) is 25.1 Å². The summed E-state index contributed by atoms with van der Waals surface area (Å²) in [5.74, 6) is -0.589. The average Bonchev–Trinajstić information content (AvgIpc) is 3.39. The van der Waals surface area contributed by atoms with Crippen molar-refractivity contribution >= 4 is 22.8 Å². The molecule has 2 atom stereocenters. The van der Waals surface area contributed by atoms with Crippen LogP contribution in [-0.4, -0.2) is 44.5 Å².